The number of anilines is 1. The Labute approximate surface area is 118 Å². The standard InChI is InChI=1S/C18H18N2/c1-11-13-7-3-5-9-15(13)19-17(11)18-12(2)14-8-4-6-10-16(14)20-18/h3-11,17,19-20H,1-2H3/t11-,17-/m1/s1. The summed E-state index contributed by atoms with van der Waals surface area (Å²) in [5.74, 6) is 0.484. The smallest absolute Gasteiger partial charge is 0.0732 e. The van der Waals surface area contributed by atoms with Gasteiger partial charge in [-0.05, 0) is 30.2 Å². The van der Waals surface area contributed by atoms with Crippen molar-refractivity contribution in [1.82, 2.24) is 4.98 Å². The van der Waals surface area contributed by atoms with Gasteiger partial charge in [0.15, 0.2) is 0 Å². The van der Waals surface area contributed by atoms with Gasteiger partial charge in [-0.2, -0.15) is 0 Å². The molecule has 3 aromatic rings. The number of hydrogen-bond donors (Lipinski definition) is 2. The van der Waals surface area contributed by atoms with Crippen LogP contribution < -0.4 is 5.32 Å². The number of benzene rings is 2. The van der Waals surface area contributed by atoms with Crippen molar-refractivity contribution in [1.29, 1.82) is 0 Å². The van der Waals surface area contributed by atoms with Crippen LogP contribution in [0.15, 0.2) is 48.5 Å². The topological polar surface area (TPSA) is 27.8 Å². The van der Waals surface area contributed by atoms with E-state index in [0.29, 0.717) is 12.0 Å². The van der Waals surface area contributed by atoms with Crippen LogP contribution in [0.25, 0.3) is 10.9 Å². The average molecular weight is 262 g/mol. The number of fused-ring (bicyclic) bond motifs is 2. The first-order valence-electron chi connectivity index (χ1n) is 7.18. The summed E-state index contributed by atoms with van der Waals surface area (Å²) in [5.41, 5.74) is 6.58. The van der Waals surface area contributed by atoms with Crippen LogP contribution in [-0.2, 0) is 0 Å². The molecule has 0 spiro atoms. The van der Waals surface area contributed by atoms with Gasteiger partial charge in [-0.25, -0.2) is 0 Å². The second-order valence-corrected chi connectivity index (χ2v) is 5.71. The maximum Gasteiger partial charge on any atom is 0.0732 e. The molecule has 0 aliphatic carbocycles. The highest BCUT2D eigenvalue weighted by Gasteiger charge is 2.31. The van der Waals surface area contributed by atoms with Gasteiger partial charge in [0.05, 0.1) is 6.04 Å². The molecule has 0 unspecified atom stereocenters. The van der Waals surface area contributed by atoms with Crippen LogP contribution in [-0.4, -0.2) is 4.98 Å². The lowest BCUT2D eigenvalue weighted by Crippen LogP contribution is -2.10. The van der Waals surface area contributed by atoms with Crippen LogP contribution >= 0.6 is 0 Å². The van der Waals surface area contributed by atoms with E-state index in [4.69, 9.17) is 0 Å². The number of aromatic nitrogens is 1. The highest BCUT2D eigenvalue weighted by Crippen LogP contribution is 2.44. The molecule has 1 aliphatic heterocycles. The summed E-state index contributed by atoms with van der Waals surface area (Å²) in [4.78, 5) is 3.61. The molecule has 2 nitrogen and oxygen atoms in total. The third-order valence-corrected chi connectivity index (χ3v) is 4.58. The molecule has 0 bridgehead atoms. The Bertz CT molecular complexity index is 785. The van der Waals surface area contributed by atoms with Crippen molar-refractivity contribution < 1.29 is 0 Å². The molecular weight excluding hydrogens is 244 g/mol. The van der Waals surface area contributed by atoms with Gasteiger partial charge >= 0.3 is 0 Å². The fraction of sp³-hybridized carbons (Fsp3) is 0.222. The first kappa shape index (κ1) is 11.6. The number of aromatic amines is 1. The maximum atomic E-state index is 3.67. The molecule has 2 heteroatoms. The molecular formula is C18H18N2. The van der Waals surface area contributed by atoms with E-state index in [1.165, 1.54) is 33.4 Å². The second kappa shape index (κ2) is 4.14. The van der Waals surface area contributed by atoms with E-state index in [2.05, 4.69) is 72.7 Å². The maximum absolute atomic E-state index is 3.67. The summed E-state index contributed by atoms with van der Waals surface area (Å²) in [7, 11) is 0. The van der Waals surface area contributed by atoms with Crippen molar-refractivity contribution >= 4 is 16.6 Å². The summed E-state index contributed by atoms with van der Waals surface area (Å²) in [6.07, 6.45) is 0. The van der Waals surface area contributed by atoms with E-state index in [1.54, 1.807) is 0 Å². The zero-order chi connectivity index (χ0) is 13.7. The number of nitrogens with one attached hydrogen (secondary N) is 2. The summed E-state index contributed by atoms with van der Waals surface area (Å²) in [6, 6.07) is 17.5. The molecule has 2 atom stereocenters. The molecule has 4 rings (SSSR count). The fourth-order valence-corrected chi connectivity index (χ4v) is 3.43. The van der Waals surface area contributed by atoms with Gasteiger partial charge < -0.3 is 10.3 Å². The zero-order valence-electron chi connectivity index (χ0n) is 11.8. The Morgan fingerprint density at radius 3 is 2.50 bits per heavy atom. The van der Waals surface area contributed by atoms with Gasteiger partial charge in [-0.1, -0.05) is 43.3 Å². The molecule has 20 heavy (non-hydrogen) atoms. The SMILES string of the molecule is Cc1c([C@@H]2Nc3ccccc3[C@H]2C)[nH]c2ccccc12. The van der Waals surface area contributed by atoms with E-state index < -0.39 is 0 Å². The van der Waals surface area contributed by atoms with Crippen molar-refractivity contribution in [2.75, 3.05) is 5.32 Å². The number of rotatable bonds is 1. The largest absolute Gasteiger partial charge is 0.376 e. The lowest BCUT2D eigenvalue weighted by Gasteiger charge is -2.16. The van der Waals surface area contributed by atoms with Crippen molar-refractivity contribution in [3.63, 3.8) is 0 Å². The highest BCUT2D eigenvalue weighted by molar-refractivity contribution is 5.85. The van der Waals surface area contributed by atoms with Crippen molar-refractivity contribution in [3.05, 3.63) is 65.4 Å². The quantitative estimate of drug-likeness (QED) is 0.651. The van der Waals surface area contributed by atoms with Gasteiger partial charge in [-0.15, -0.1) is 0 Å². The summed E-state index contributed by atoms with van der Waals surface area (Å²) in [5, 5.41) is 5.00. The Morgan fingerprint density at radius 2 is 1.70 bits per heavy atom. The van der Waals surface area contributed by atoms with Crippen LogP contribution in [0, 0.1) is 6.92 Å². The Kier molecular flexibility index (Phi) is 2.40. The molecule has 2 N–H and O–H groups in total. The molecule has 0 saturated heterocycles. The summed E-state index contributed by atoms with van der Waals surface area (Å²) < 4.78 is 0. The highest BCUT2D eigenvalue weighted by atomic mass is 15.0. The molecule has 0 fully saturated rings. The third-order valence-electron chi connectivity index (χ3n) is 4.58. The number of hydrogen-bond acceptors (Lipinski definition) is 1. The van der Waals surface area contributed by atoms with Gasteiger partial charge in [0, 0.05) is 28.2 Å². The number of aryl methyl sites for hydroxylation is 1. The molecule has 1 aliphatic rings. The van der Waals surface area contributed by atoms with Gasteiger partial charge in [0.2, 0.25) is 0 Å². The molecule has 0 amide bonds. The van der Waals surface area contributed by atoms with Crippen LogP contribution in [0.4, 0.5) is 5.69 Å². The molecule has 100 valence electrons. The van der Waals surface area contributed by atoms with E-state index in [0.717, 1.165) is 0 Å². The lowest BCUT2D eigenvalue weighted by atomic mass is 9.93. The predicted molar refractivity (Wildman–Crippen MR) is 84.3 cm³/mol. The predicted octanol–water partition coefficient (Wildman–Crippen LogP) is 4.75. The van der Waals surface area contributed by atoms with Crippen molar-refractivity contribution in [3.8, 4) is 0 Å². The van der Waals surface area contributed by atoms with Crippen molar-refractivity contribution in [2.24, 2.45) is 0 Å². The lowest BCUT2D eigenvalue weighted by molar-refractivity contribution is 0.659. The molecule has 2 heterocycles. The number of H-pyrrole nitrogens is 1. The van der Waals surface area contributed by atoms with Gasteiger partial charge in [0.1, 0.15) is 0 Å². The average Bonchev–Trinajstić information content (AvgIpc) is 2.98. The summed E-state index contributed by atoms with van der Waals surface area (Å²) in [6.45, 7) is 4.51. The molecule has 1 aromatic heterocycles. The first-order valence-corrected chi connectivity index (χ1v) is 7.18. The van der Waals surface area contributed by atoms with Gasteiger partial charge in [-0.3, -0.25) is 0 Å². The second-order valence-electron chi connectivity index (χ2n) is 5.71. The van der Waals surface area contributed by atoms with Crippen LogP contribution in [0.5, 0.6) is 0 Å². The monoisotopic (exact) mass is 262 g/mol. The van der Waals surface area contributed by atoms with E-state index in [-0.39, 0.29) is 0 Å². The Balaban J connectivity index is 1.84. The normalized spacial score (nSPS) is 20.9. The fourth-order valence-electron chi connectivity index (χ4n) is 3.43. The molecule has 0 radical (unpaired) electrons. The van der Waals surface area contributed by atoms with E-state index >= 15 is 0 Å². The third kappa shape index (κ3) is 1.51. The first-order chi connectivity index (χ1) is 9.75. The Morgan fingerprint density at radius 1 is 0.950 bits per heavy atom. The van der Waals surface area contributed by atoms with Crippen LogP contribution in [0.3, 0.4) is 0 Å². The van der Waals surface area contributed by atoms with Gasteiger partial charge in [0.25, 0.3) is 0 Å². The van der Waals surface area contributed by atoms with E-state index in [9.17, 15) is 0 Å². The van der Waals surface area contributed by atoms with Crippen LogP contribution in [0.1, 0.15) is 35.7 Å². The van der Waals surface area contributed by atoms with E-state index in [1.807, 2.05) is 0 Å². The minimum absolute atomic E-state index is 0.333. The zero-order valence-corrected chi connectivity index (χ0v) is 11.8. The molecule has 0 saturated carbocycles. The minimum atomic E-state index is 0.333. The Hall–Kier alpha value is -2.22. The van der Waals surface area contributed by atoms with Crippen LogP contribution in [0.2, 0.25) is 0 Å². The summed E-state index contributed by atoms with van der Waals surface area (Å²) >= 11 is 0. The molecule has 2 aromatic carbocycles. The number of para-hydroxylation sites is 2. The van der Waals surface area contributed by atoms with Crippen molar-refractivity contribution in [2.45, 2.75) is 25.8 Å². The minimum Gasteiger partial charge on any atom is -0.376 e.